The maximum atomic E-state index is 11.0. The van der Waals surface area contributed by atoms with Gasteiger partial charge < -0.3 is 5.11 Å². The molecule has 0 spiro atoms. The second-order valence-corrected chi connectivity index (χ2v) is 4.09. The Kier molecular flexibility index (Phi) is 3.01. The van der Waals surface area contributed by atoms with Crippen molar-refractivity contribution in [1.29, 1.82) is 0 Å². The Hall–Kier alpha value is -1.68. The number of aromatic nitrogens is 1. The monoisotopic (exact) mass is 277 g/mol. The van der Waals surface area contributed by atoms with E-state index in [1.165, 1.54) is 0 Å². The van der Waals surface area contributed by atoms with Crippen LogP contribution in [0.1, 0.15) is 10.4 Å². The number of carboxylic acids is 1. The van der Waals surface area contributed by atoms with Gasteiger partial charge in [-0.25, -0.2) is 4.79 Å². The third kappa shape index (κ3) is 2.12. The van der Waals surface area contributed by atoms with E-state index < -0.39 is 5.97 Å². The minimum absolute atomic E-state index is 0.259. The van der Waals surface area contributed by atoms with E-state index in [0.717, 1.165) is 11.1 Å². The highest BCUT2D eigenvalue weighted by Gasteiger charge is 2.09. The molecular weight excluding hydrogens is 270 g/mol. The molecule has 0 aliphatic rings. The number of halogens is 1. The third-order valence-corrected chi connectivity index (χ3v) is 2.90. The van der Waals surface area contributed by atoms with Crippen LogP contribution in [-0.4, -0.2) is 16.1 Å². The van der Waals surface area contributed by atoms with E-state index in [1.807, 2.05) is 18.2 Å². The molecule has 0 aliphatic carbocycles. The lowest BCUT2D eigenvalue weighted by atomic mass is 10.0. The normalized spacial score (nSPS) is 10.1. The molecule has 0 atom stereocenters. The van der Waals surface area contributed by atoms with Gasteiger partial charge in [-0.3, -0.25) is 4.98 Å². The van der Waals surface area contributed by atoms with E-state index in [2.05, 4.69) is 20.9 Å². The molecule has 0 amide bonds. The molecule has 1 aromatic heterocycles. The summed E-state index contributed by atoms with van der Waals surface area (Å²) in [6.07, 6.45) is 3.36. The molecule has 1 aromatic carbocycles. The first kappa shape index (κ1) is 10.8. The Morgan fingerprint density at radius 3 is 2.44 bits per heavy atom. The van der Waals surface area contributed by atoms with Crippen molar-refractivity contribution in [2.75, 3.05) is 0 Å². The van der Waals surface area contributed by atoms with E-state index in [-0.39, 0.29) is 5.56 Å². The number of hydrogen-bond acceptors (Lipinski definition) is 2. The minimum atomic E-state index is -0.942. The number of pyridine rings is 1. The molecule has 0 fully saturated rings. The molecule has 2 rings (SSSR count). The van der Waals surface area contributed by atoms with Gasteiger partial charge in [0, 0.05) is 16.9 Å². The lowest BCUT2D eigenvalue weighted by molar-refractivity contribution is 0.0696. The molecular formula is C12H8BrNO2. The van der Waals surface area contributed by atoms with Crippen LogP contribution in [0.3, 0.4) is 0 Å². The Morgan fingerprint density at radius 1 is 1.12 bits per heavy atom. The number of benzene rings is 1. The highest BCUT2D eigenvalue weighted by Crippen LogP contribution is 2.25. The summed E-state index contributed by atoms with van der Waals surface area (Å²) in [4.78, 5) is 14.9. The largest absolute Gasteiger partial charge is 0.478 e. The zero-order valence-corrected chi connectivity index (χ0v) is 9.81. The van der Waals surface area contributed by atoms with E-state index in [0.29, 0.717) is 4.47 Å². The van der Waals surface area contributed by atoms with Crippen LogP contribution < -0.4 is 0 Å². The minimum Gasteiger partial charge on any atom is -0.478 e. The fraction of sp³-hybridized carbons (Fsp3) is 0. The molecule has 4 heteroatoms. The first-order chi connectivity index (χ1) is 7.68. The van der Waals surface area contributed by atoms with Crippen LogP contribution in [0.2, 0.25) is 0 Å². The van der Waals surface area contributed by atoms with Crippen LogP contribution in [0.25, 0.3) is 11.1 Å². The molecule has 80 valence electrons. The summed E-state index contributed by atoms with van der Waals surface area (Å²) in [5.41, 5.74) is 2.07. The van der Waals surface area contributed by atoms with Gasteiger partial charge in [-0.2, -0.15) is 0 Å². The Balaban J connectivity index is 2.52. The molecule has 2 aromatic rings. The highest BCUT2D eigenvalue weighted by atomic mass is 79.9. The van der Waals surface area contributed by atoms with Gasteiger partial charge in [-0.1, -0.05) is 6.07 Å². The van der Waals surface area contributed by atoms with Gasteiger partial charge in [0.15, 0.2) is 0 Å². The second kappa shape index (κ2) is 4.45. The molecule has 0 unspecified atom stereocenters. The SMILES string of the molecule is O=C(O)c1cc(-c2ccncc2)ccc1Br. The number of hydrogen-bond donors (Lipinski definition) is 1. The second-order valence-electron chi connectivity index (χ2n) is 3.24. The summed E-state index contributed by atoms with van der Waals surface area (Å²) < 4.78 is 0.581. The van der Waals surface area contributed by atoms with Crippen molar-refractivity contribution in [2.45, 2.75) is 0 Å². The van der Waals surface area contributed by atoms with Crippen molar-refractivity contribution in [3.05, 3.63) is 52.8 Å². The summed E-state index contributed by atoms with van der Waals surface area (Å²) >= 11 is 3.21. The Morgan fingerprint density at radius 2 is 1.81 bits per heavy atom. The molecule has 0 radical (unpaired) electrons. The fourth-order valence-corrected chi connectivity index (χ4v) is 1.83. The smallest absolute Gasteiger partial charge is 0.336 e. The first-order valence-electron chi connectivity index (χ1n) is 4.62. The highest BCUT2D eigenvalue weighted by molar-refractivity contribution is 9.10. The van der Waals surface area contributed by atoms with Crippen LogP contribution in [0.15, 0.2) is 47.2 Å². The van der Waals surface area contributed by atoms with Crippen molar-refractivity contribution < 1.29 is 9.90 Å². The average Bonchev–Trinajstić information content (AvgIpc) is 2.30. The summed E-state index contributed by atoms with van der Waals surface area (Å²) in [6, 6.07) is 8.93. The molecule has 0 saturated carbocycles. The first-order valence-corrected chi connectivity index (χ1v) is 5.41. The quantitative estimate of drug-likeness (QED) is 0.917. The maximum absolute atomic E-state index is 11.0. The van der Waals surface area contributed by atoms with Crippen LogP contribution in [-0.2, 0) is 0 Å². The fourth-order valence-electron chi connectivity index (χ4n) is 1.41. The Labute approximate surface area is 101 Å². The number of aromatic carboxylic acids is 1. The van der Waals surface area contributed by atoms with Gasteiger partial charge in [0.2, 0.25) is 0 Å². The van der Waals surface area contributed by atoms with Crippen LogP contribution in [0.4, 0.5) is 0 Å². The van der Waals surface area contributed by atoms with E-state index in [4.69, 9.17) is 5.11 Å². The predicted octanol–water partition coefficient (Wildman–Crippen LogP) is 3.21. The van der Waals surface area contributed by atoms with E-state index in [9.17, 15) is 4.79 Å². The van der Waals surface area contributed by atoms with Crippen molar-refractivity contribution in [1.82, 2.24) is 4.98 Å². The van der Waals surface area contributed by atoms with E-state index >= 15 is 0 Å². The lowest BCUT2D eigenvalue weighted by Gasteiger charge is -2.04. The molecule has 0 aliphatic heterocycles. The van der Waals surface area contributed by atoms with Gasteiger partial charge in [0.25, 0.3) is 0 Å². The van der Waals surface area contributed by atoms with Gasteiger partial charge >= 0.3 is 5.97 Å². The van der Waals surface area contributed by atoms with Gasteiger partial charge in [-0.05, 0) is 51.3 Å². The Bertz CT molecular complexity index is 526. The molecule has 16 heavy (non-hydrogen) atoms. The van der Waals surface area contributed by atoms with Crippen molar-refractivity contribution in [3.63, 3.8) is 0 Å². The number of carbonyl (C=O) groups is 1. The van der Waals surface area contributed by atoms with Gasteiger partial charge in [0.05, 0.1) is 5.56 Å². The zero-order valence-electron chi connectivity index (χ0n) is 8.22. The maximum Gasteiger partial charge on any atom is 0.336 e. The molecule has 3 nitrogen and oxygen atoms in total. The van der Waals surface area contributed by atoms with E-state index in [1.54, 1.807) is 24.5 Å². The molecule has 0 bridgehead atoms. The predicted molar refractivity (Wildman–Crippen MR) is 64.3 cm³/mol. The van der Waals surface area contributed by atoms with Crippen LogP contribution in [0.5, 0.6) is 0 Å². The summed E-state index contributed by atoms with van der Waals surface area (Å²) in [5, 5.41) is 8.99. The van der Waals surface area contributed by atoms with Crippen molar-refractivity contribution in [3.8, 4) is 11.1 Å². The molecule has 1 heterocycles. The number of rotatable bonds is 2. The average molecular weight is 278 g/mol. The standard InChI is InChI=1S/C12H8BrNO2/c13-11-2-1-9(7-10(11)12(15)16)8-3-5-14-6-4-8/h1-7H,(H,15,16). The van der Waals surface area contributed by atoms with Crippen LogP contribution >= 0.6 is 15.9 Å². The zero-order chi connectivity index (χ0) is 11.5. The number of nitrogens with zero attached hydrogens (tertiary/aromatic N) is 1. The summed E-state index contributed by atoms with van der Waals surface area (Å²) in [6.45, 7) is 0. The van der Waals surface area contributed by atoms with Gasteiger partial charge in [0.1, 0.15) is 0 Å². The third-order valence-electron chi connectivity index (χ3n) is 2.21. The lowest BCUT2D eigenvalue weighted by Crippen LogP contribution is -1.97. The molecule has 1 N–H and O–H groups in total. The van der Waals surface area contributed by atoms with Crippen LogP contribution in [0, 0.1) is 0 Å². The molecule has 0 saturated heterocycles. The number of carboxylic acid groups (broad SMARTS) is 1. The summed E-state index contributed by atoms with van der Waals surface area (Å²) in [5.74, 6) is -0.942. The van der Waals surface area contributed by atoms with Gasteiger partial charge in [-0.15, -0.1) is 0 Å². The van der Waals surface area contributed by atoms with Crippen molar-refractivity contribution >= 4 is 21.9 Å². The summed E-state index contributed by atoms with van der Waals surface area (Å²) in [7, 11) is 0. The topological polar surface area (TPSA) is 50.2 Å². The van der Waals surface area contributed by atoms with Crippen molar-refractivity contribution in [2.24, 2.45) is 0 Å².